The van der Waals surface area contributed by atoms with Crippen LogP contribution in [0, 0.1) is 0 Å². The summed E-state index contributed by atoms with van der Waals surface area (Å²) >= 11 is 5.89. The zero-order valence-corrected chi connectivity index (χ0v) is 13.9. The first-order valence-electron chi connectivity index (χ1n) is 8.07. The van der Waals surface area contributed by atoms with Gasteiger partial charge in [-0.1, -0.05) is 54.6 Å². The van der Waals surface area contributed by atoms with E-state index in [0.717, 1.165) is 43.4 Å². The molecule has 0 amide bonds. The van der Waals surface area contributed by atoms with Gasteiger partial charge >= 0.3 is 0 Å². The lowest BCUT2D eigenvalue weighted by atomic mass is 9.93. The second-order valence-corrected chi connectivity index (χ2v) is 6.47. The molecule has 2 nitrogen and oxygen atoms in total. The number of carbonyl (C=O) groups is 1. The van der Waals surface area contributed by atoms with Gasteiger partial charge in [-0.2, -0.15) is 0 Å². The van der Waals surface area contributed by atoms with Gasteiger partial charge in [0.2, 0.25) is 0 Å². The molecule has 0 atom stereocenters. The van der Waals surface area contributed by atoms with E-state index in [0.29, 0.717) is 5.56 Å². The zero-order chi connectivity index (χ0) is 17.0. The van der Waals surface area contributed by atoms with E-state index in [1.54, 1.807) is 6.07 Å². The van der Waals surface area contributed by atoms with Crippen molar-refractivity contribution in [2.75, 3.05) is 0 Å². The zero-order valence-electron chi connectivity index (χ0n) is 13.2. The lowest BCUT2D eigenvalue weighted by Gasteiger charge is -2.12. The Balaban J connectivity index is 2.18. The first-order chi connectivity index (χ1) is 12.2. The number of rotatable bonds is 1. The van der Waals surface area contributed by atoms with E-state index in [1.807, 2.05) is 48.5 Å². The summed E-state index contributed by atoms with van der Waals surface area (Å²) in [7, 11) is 0. The molecule has 0 N–H and O–H groups in total. The largest absolute Gasteiger partial charge is 0.276 e. The summed E-state index contributed by atoms with van der Waals surface area (Å²) in [6.07, 6.45) is 0. The normalized spacial score (nSPS) is 11.6. The Hall–Kier alpha value is -2.97. The number of hydrogen-bond acceptors (Lipinski definition) is 2. The topological polar surface area (TPSA) is 30.0 Å². The maximum atomic E-state index is 12.0. The number of carbonyl (C=O) groups excluding carboxylic acids is 1. The Kier molecular flexibility index (Phi) is 3.03. The van der Waals surface area contributed by atoms with Gasteiger partial charge in [-0.25, -0.2) is 4.98 Å². The molecule has 0 saturated heterocycles. The molecule has 0 spiro atoms. The Morgan fingerprint density at radius 2 is 1.48 bits per heavy atom. The summed E-state index contributed by atoms with van der Waals surface area (Å²) in [6, 6.07) is 24.0. The molecule has 0 radical (unpaired) electrons. The maximum absolute atomic E-state index is 12.0. The Bertz CT molecular complexity index is 1320. The van der Waals surface area contributed by atoms with Crippen LogP contribution in [0.2, 0.25) is 0 Å². The van der Waals surface area contributed by atoms with Crippen molar-refractivity contribution in [3.8, 4) is 0 Å². The fourth-order valence-electron chi connectivity index (χ4n) is 3.67. The number of aromatic nitrogens is 1. The summed E-state index contributed by atoms with van der Waals surface area (Å²) in [5.41, 5.74) is 2.35. The minimum atomic E-state index is -0.449. The number of benzene rings is 4. The van der Waals surface area contributed by atoms with Crippen molar-refractivity contribution in [1.82, 2.24) is 4.98 Å². The van der Waals surface area contributed by atoms with Gasteiger partial charge < -0.3 is 0 Å². The Morgan fingerprint density at radius 1 is 0.760 bits per heavy atom. The van der Waals surface area contributed by atoms with E-state index in [1.165, 1.54) is 0 Å². The molecule has 0 fully saturated rings. The highest BCUT2D eigenvalue weighted by Crippen LogP contribution is 2.37. The van der Waals surface area contributed by atoms with Crippen molar-refractivity contribution in [3.05, 3.63) is 78.4 Å². The molecule has 0 aliphatic heterocycles. The van der Waals surface area contributed by atoms with E-state index < -0.39 is 5.24 Å². The quantitative estimate of drug-likeness (QED) is 0.210. The molecule has 5 aromatic rings. The van der Waals surface area contributed by atoms with Gasteiger partial charge in [0.05, 0.1) is 11.0 Å². The van der Waals surface area contributed by atoms with Crippen LogP contribution in [0.25, 0.3) is 43.4 Å². The maximum Gasteiger partial charge on any atom is 0.253 e. The lowest BCUT2D eigenvalue weighted by Crippen LogP contribution is -1.94. The van der Waals surface area contributed by atoms with Gasteiger partial charge in [-0.05, 0) is 40.6 Å². The second-order valence-electron chi connectivity index (χ2n) is 6.12. The summed E-state index contributed by atoms with van der Waals surface area (Å²) in [6.45, 7) is 0. The third-order valence-corrected chi connectivity index (χ3v) is 4.95. The smallest absolute Gasteiger partial charge is 0.253 e. The molecule has 25 heavy (non-hydrogen) atoms. The summed E-state index contributed by atoms with van der Waals surface area (Å²) in [4.78, 5) is 16.9. The average molecular weight is 342 g/mol. The van der Waals surface area contributed by atoms with Crippen LogP contribution in [0.15, 0.2) is 72.8 Å². The highest BCUT2D eigenvalue weighted by molar-refractivity contribution is 6.69. The fourth-order valence-corrected chi connectivity index (χ4v) is 3.82. The molecule has 1 aromatic heterocycles. The third-order valence-electron chi connectivity index (χ3n) is 4.74. The predicted octanol–water partition coefficient (Wildman–Crippen LogP) is 6.07. The SMILES string of the molecule is O=C(Cl)c1cccc2c3ccccc3c3nc4ccccc4cc3c12. The average Bonchev–Trinajstić information content (AvgIpc) is 2.66. The highest BCUT2D eigenvalue weighted by Gasteiger charge is 2.15. The van der Waals surface area contributed by atoms with Gasteiger partial charge in [0.25, 0.3) is 5.24 Å². The first kappa shape index (κ1) is 14.4. The molecule has 1 heterocycles. The number of halogens is 1. The van der Waals surface area contributed by atoms with Gasteiger partial charge in [0, 0.05) is 27.1 Å². The monoisotopic (exact) mass is 341 g/mol. The summed E-state index contributed by atoms with van der Waals surface area (Å²) < 4.78 is 0. The molecule has 0 unspecified atom stereocenters. The van der Waals surface area contributed by atoms with Crippen molar-refractivity contribution in [2.24, 2.45) is 0 Å². The van der Waals surface area contributed by atoms with Gasteiger partial charge in [0.1, 0.15) is 0 Å². The van der Waals surface area contributed by atoms with Crippen LogP contribution in [-0.4, -0.2) is 10.2 Å². The molecule has 4 aromatic carbocycles. The minimum Gasteiger partial charge on any atom is -0.276 e. The van der Waals surface area contributed by atoms with Crippen LogP contribution >= 0.6 is 11.6 Å². The van der Waals surface area contributed by atoms with E-state index >= 15 is 0 Å². The number of hydrogen-bond donors (Lipinski definition) is 0. The van der Waals surface area contributed by atoms with Gasteiger partial charge in [0.15, 0.2) is 0 Å². The van der Waals surface area contributed by atoms with Gasteiger partial charge in [-0.3, -0.25) is 4.79 Å². The van der Waals surface area contributed by atoms with Gasteiger partial charge in [-0.15, -0.1) is 0 Å². The molecule has 0 aliphatic rings. The number of para-hydroxylation sites is 1. The van der Waals surface area contributed by atoms with E-state index in [9.17, 15) is 4.79 Å². The van der Waals surface area contributed by atoms with Crippen LogP contribution in [0.5, 0.6) is 0 Å². The Morgan fingerprint density at radius 3 is 2.32 bits per heavy atom. The lowest BCUT2D eigenvalue weighted by molar-refractivity contribution is 0.108. The first-order valence-corrected chi connectivity index (χ1v) is 8.44. The van der Waals surface area contributed by atoms with E-state index in [4.69, 9.17) is 16.6 Å². The third kappa shape index (κ3) is 2.04. The molecule has 0 bridgehead atoms. The second kappa shape index (κ2) is 5.27. The van der Waals surface area contributed by atoms with E-state index in [-0.39, 0.29) is 0 Å². The highest BCUT2D eigenvalue weighted by atomic mass is 35.5. The van der Waals surface area contributed by atoms with Crippen molar-refractivity contribution < 1.29 is 4.79 Å². The minimum absolute atomic E-state index is 0.449. The molecule has 0 aliphatic carbocycles. The molecule has 118 valence electrons. The van der Waals surface area contributed by atoms with Crippen LogP contribution in [0.1, 0.15) is 10.4 Å². The molecule has 5 rings (SSSR count). The Labute approximate surface area is 148 Å². The molecular weight excluding hydrogens is 330 g/mol. The number of pyridine rings is 1. The standard InChI is InChI=1S/C22H12ClNO/c23-22(25)17-10-5-9-15-14-7-2-3-8-16(14)21-18(20(15)17)12-13-6-1-4-11-19(13)24-21/h1-12H. The van der Waals surface area contributed by atoms with Crippen LogP contribution in [0.3, 0.4) is 0 Å². The van der Waals surface area contributed by atoms with Crippen molar-refractivity contribution >= 4 is 60.2 Å². The number of nitrogens with zero attached hydrogens (tertiary/aromatic N) is 1. The van der Waals surface area contributed by atoms with E-state index in [2.05, 4.69) is 18.2 Å². The van der Waals surface area contributed by atoms with Crippen LogP contribution in [0.4, 0.5) is 0 Å². The fraction of sp³-hybridized carbons (Fsp3) is 0. The van der Waals surface area contributed by atoms with Crippen LogP contribution < -0.4 is 0 Å². The van der Waals surface area contributed by atoms with Crippen molar-refractivity contribution in [2.45, 2.75) is 0 Å². The van der Waals surface area contributed by atoms with Crippen LogP contribution in [-0.2, 0) is 0 Å². The summed E-state index contributed by atoms with van der Waals surface area (Å²) in [5.74, 6) is 0. The molecule has 0 saturated carbocycles. The number of fused-ring (bicyclic) bond motifs is 7. The molecule has 3 heteroatoms. The predicted molar refractivity (Wildman–Crippen MR) is 104 cm³/mol. The molecular formula is C22H12ClNO. The van der Waals surface area contributed by atoms with Crippen molar-refractivity contribution in [3.63, 3.8) is 0 Å². The summed E-state index contributed by atoms with van der Waals surface area (Å²) in [5, 5.41) is 5.60. The van der Waals surface area contributed by atoms with Crippen molar-refractivity contribution in [1.29, 1.82) is 0 Å².